The zero-order valence-corrected chi connectivity index (χ0v) is 15.6. The van der Waals surface area contributed by atoms with Crippen LogP contribution in [0.5, 0.6) is 5.75 Å². The lowest BCUT2D eigenvalue weighted by Crippen LogP contribution is -2.07. The molecule has 0 atom stereocenters. The summed E-state index contributed by atoms with van der Waals surface area (Å²) in [6.07, 6.45) is 0. The van der Waals surface area contributed by atoms with Gasteiger partial charge in [-0.15, -0.1) is 0 Å². The number of nitrogens with two attached hydrogens (primary N) is 1. The predicted molar refractivity (Wildman–Crippen MR) is 105 cm³/mol. The first kappa shape index (κ1) is 18.0. The smallest absolute Gasteiger partial charge is 0.338 e. The minimum atomic E-state index is -0.414. The molecule has 5 heteroatoms. The molecule has 2 N–H and O–H groups in total. The van der Waals surface area contributed by atoms with Crippen molar-refractivity contribution in [2.75, 3.05) is 5.73 Å². The van der Waals surface area contributed by atoms with Crippen molar-refractivity contribution >= 4 is 27.6 Å². The van der Waals surface area contributed by atoms with Gasteiger partial charge in [0, 0.05) is 4.47 Å². The van der Waals surface area contributed by atoms with Gasteiger partial charge in [0.05, 0.1) is 11.3 Å². The minimum absolute atomic E-state index is 0.221. The van der Waals surface area contributed by atoms with Crippen LogP contribution in [0.1, 0.15) is 21.5 Å². The molecule has 4 nitrogen and oxygen atoms in total. The second kappa shape index (κ2) is 8.54. The highest BCUT2D eigenvalue weighted by molar-refractivity contribution is 9.10. The number of nitrogen functional groups attached to an aromatic ring is 1. The van der Waals surface area contributed by atoms with Crippen LogP contribution in [0.4, 0.5) is 5.69 Å². The summed E-state index contributed by atoms with van der Waals surface area (Å²) < 4.78 is 12.1. The van der Waals surface area contributed by atoms with Crippen LogP contribution < -0.4 is 10.5 Å². The highest BCUT2D eigenvalue weighted by Gasteiger charge is 2.11. The summed E-state index contributed by atoms with van der Waals surface area (Å²) in [4.78, 5) is 12.3. The van der Waals surface area contributed by atoms with Crippen molar-refractivity contribution in [3.63, 3.8) is 0 Å². The quantitative estimate of drug-likeness (QED) is 0.459. The Morgan fingerprint density at radius 2 is 1.58 bits per heavy atom. The second-order valence-electron chi connectivity index (χ2n) is 5.73. The van der Waals surface area contributed by atoms with E-state index in [2.05, 4.69) is 15.9 Å². The van der Waals surface area contributed by atoms with Crippen molar-refractivity contribution in [1.29, 1.82) is 0 Å². The summed E-state index contributed by atoms with van der Waals surface area (Å²) in [5.41, 5.74) is 8.77. The number of hydrogen-bond donors (Lipinski definition) is 1. The van der Waals surface area contributed by atoms with Crippen molar-refractivity contribution in [1.82, 2.24) is 0 Å². The van der Waals surface area contributed by atoms with Crippen LogP contribution in [0.15, 0.2) is 77.3 Å². The molecule has 3 aromatic carbocycles. The third-order valence-electron chi connectivity index (χ3n) is 3.77. The van der Waals surface area contributed by atoms with Gasteiger partial charge in [0.1, 0.15) is 19.0 Å². The average molecular weight is 412 g/mol. The molecule has 0 heterocycles. The van der Waals surface area contributed by atoms with E-state index in [-0.39, 0.29) is 6.61 Å². The molecule has 0 aliphatic carbocycles. The molecule has 0 aliphatic heterocycles. The van der Waals surface area contributed by atoms with E-state index in [0.717, 1.165) is 15.6 Å². The maximum atomic E-state index is 12.3. The first-order valence-corrected chi connectivity index (χ1v) is 8.89. The van der Waals surface area contributed by atoms with Crippen molar-refractivity contribution in [2.45, 2.75) is 13.2 Å². The van der Waals surface area contributed by atoms with Gasteiger partial charge in [0.15, 0.2) is 0 Å². The predicted octanol–water partition coefficient (Wildman–Crippen LogP) is 4.97. The Balaban J connectivity index is 1.64. The van der Waals surface area contributed by atoms with Crippen LogP contribution in [0.3, 0.4) is 0 Å². The fourth-order valence-corrected chi connectivity index (χ4v) is 2.60. The van der Waals surface area contributed by atoms with Gasteiger partial charge in [0.25, 0.3) is 0 Å². The van der Waals surface area contributed by atoms with Crippen LogP contribution in [0.25, 0.3) is 0 Å². The Morgan fingerprint density at radius 1 is 0.885 bits per heavy atom. The lowest BCUT2D eigenvalue weighted by molar-refractivity contribution is 0.0472. The van der Waals surface area contributed by atoms with Crippen LogP contribution in [-0.2, 0) is 18.0 Å². The molecular formula is C21H18BrNO3. The summed E-state index contributed by atoms with van der Waals surface area (Å²) in [6, 6.07) is 22.2. The first-order valence-electron chi connectivity index (χ1n) is 8.09. The summed E-state index contributed by atoms with van der Waals surface area (Å²) in [7, 11) is 0. The molecule has 0 radical (unpaired) electrons. The molecule has 0 saturated heterocycles. The lowest BCUT2D eigenvalue weighted by atomic mass is 10.2. The molecule has 132 valence electrons. The normalized spacial score (nSPS) is 10.3. The first-order chi connectivity index (χ1) is 12.6. The zero-order valence-electron chi connectivity index (χ0n) is 14.0. The molecule has 0 bridgehead atoms. The van der Waals surface area contributed by atoms with Crippen molar-refractivity contribution in [3.05, 3.63) is 94.0 Å². The zero-order chi connectivity index (χ0) is 18.4. The van der Waals surface area contributed by atoms with E-state index in [1.165, 1.54) is 0 Å². The number of anilines is 1. The summed E-state index contributed by atoms with van der Waals surface area (Å²) in [6.45, 7) is 0.582. The van der Waals surface area contributed by atoms with E-state index in [1.807, 2.05) is 54.6 Å². The molecule has 3 rings (SSSR count). The van der Waals surface area contributed by atoms with Gasteiger partial charge in [-0.05, 0) is 41.5 Å². The molecule has 0 aliphatic rings. The van der Waals surface area contributed by atoms with E-state index in [4.69, 9.17) is 15.2 Å². The number of ether oxygens (including phenoxy) is 2. The van der Waals surface area contributed by atoms with Gasteiger partial charge >= 0.3 is 5.97 Å². The lowest BCUT2D eigenvalue weighted by Gasteiger charge is -2.11. The number of esters is 1. The van der Waals surface area contributed by atoms with Crippen LogP contribution in [0.2, 0.25) is 0 Å². The molecule has 0 aromatic heterocycles. The number of halogens is 1. The largest absolute Gasteiger partial charge is 0.487 e. The third kappa shape index (κ3) is 4.86. The summed E-state index contributed by atoms with van der Waals surface area (Å²) in [5.74, 6) is 0.0458. The molecule has 0 spiro atoms. The molecular weight excluding hydrogens is 394 g/mol. The van der Waals surface area contributed by atoms with Crippen LogP contribution in [-0.4, -0.2) is 5.97 Å². The Labute approximate surface area is 160 Å². The minimum Gasteiger partial charge on any atom is -0.487 e. The van der Waals surface area contributed by atoms with Crippen LogP contribution >= 0.6 is 15.9 Å². The maximum Gasteiger partial charge on any atom is 0.338 e. The van der Waals surface area contributed by atoms with Gasteiger partial charge in [-0.25, -0.2) is 4.79 Å². The molecule has 3 aromatic rings. The van der Waals surface area contributed by atoms with E-state index < -0.39 is 5.97 Å². The Bertz CT molecular complexity index is 880. The molecule has 0 saturated carbocycles. The van der Waals surface area contributed by atoms with Gasteiger partial charge in [-0.1, -0.05) is 58.4 Å². The Hall–Kier alpha value is -2.79. The van der Waals surface area contributed by atoms with Gasteiger partial charge in [-0.2, -0.15) is 0 Å². The van der Waals surface area contributed by atoms with Crippen molar-refractivity contribution in [2.24, 2.45) is 0 Å². The number of carbonyl (C=O) groups excluding carboxylic acids is 1. The molecule has 0 fully saturated rings. The van der Waals surface area contributed by atoms with E-state index in [9.17, 15) is 4.79 Å². The van der Waals surface area contributed by atoms with Gasteiger partial charge in [-0.3, -0.25) is 0 Å². The van der Waals surface area contributed by atoms with Crippen LogP contribution in [0, 0.1) is 0 Å². The second-order valence-corrected chi connectivity index (χ2v) is 6.65. The summed E-state index contributed by atoms with van der Waals surface area (Å²) >= 11 is 3.40. The molecule has 0 amide bonds. The molecule has 0 unspecified atom stereocenters. The fraction of sp³-hybridized carbons (Fsp3) is 0.0952. The maximum absolute atomic E-state index is 12.3. The highest BCUT2D eigenvalue weighted by atomic mass is 79.9. The van der Waals surface area contributed by atoms with Crippen molar-refractivity contribution < 1.29 is 14.3 Å². The van der Waals surface area contributed by atoms with E-state index in [0.29, 0.717) is 23.6 Å². The number of carbonyl (C=O) groups is 1. The molecule has 26 heavy (non-hydrogen) atoms. The fourth-order valence-electron chi connectivity index (χ4n) is 2.33. The third-order valence-corrected chi connectivity index (χ3v) is 4.30. The average Bonchev–Trinajstić information content (AvgIpc) is 2.67. The number of hydrogen-bond acceptors (Lipinski definition) is 4. The van der Waals surface area contributed by atoms with Gasteiger partial charge in [0.2, 0.25) is 0 Å². The van der Waals surface area contributed by atoms with Gasteiger partial charge < -0.3 is 15.2 Å². The number of rotatable bonds is 6. The topological polar surface area (TPSA) is 61.6 Å². The Kier molecular flexibility index (Phi) is 5.92. The number of benzene rings is 3. The standard InChI is InChI=1S/C21H18BrNO3/c22-18-9-6-16(7-10-18)13-25-20-12-17(8-11-19(20)23)21(24)26-14-15-4-2-1-3-5-15/h1-12H,13-14,23H2. The SMILES string of the molecule is Nc1ccc(C(=O)OCc2ccccc2)cc1OCc1ccc(Br)cc1. The highest BCUT2D eigenvalue weighted by Crippen LogP contribution is 2.25. The van der Waals surface area contributed by atoms with Crippen molar-refractivity contribution in [3.8, 4) is 5.75 Å². The summed E-state index contributed by atoms with van der Waals surface area (Å²) in [5, 5.41) is 0. The monoisotopic (exact) mass is 411 g/mol. The van der Waals surface area contributed by atoms with E-state index >= 15 is 0 Å². The van der Waals surface area contributed by atoms with E-state index in [1.54, 1.807) is 18.2 Å². The Morgan fingerprint density at radius 3 is 2.31 bits per heavy atom.